The van der Waals surface area contributed by atoms with Crippen LogP contribution in [-0.2, 0) is 23.0 Å². The second-order valence-corrected chi connectivity index (χ2v) is 9.40. The zero-order valence-corrected chi connectivity index (χ0v) is 15.1. The molecular formula is C17H18N2O3S2. The van der Waals surface area contributed by atoms with Crippen LogP contribution in [0.1, 0.15) is 16.1 Å². The van der Waals surface area contributed by atoms with Gasteiger partial charge in [-0.05, 0) is 42.8 Å². The maximum absolute atomic E-state index is 12.9. The molecule has 3 aromatic rings. The summed E-state index contributed by atoms with van der Waals surface area (Å²) < 4.78 is 33.1. The van der Waals surface area contributed by atoms with E-state index in [1.54, 1.807) is 17.5 Å². The summed E-state index contributed by atoms with van der Waals surface area (Å²) in [5.41, 5.74) is 3.19. The van der Waals surface area contributed by atoms with E-state index in [9.17, 15) is 8.42 Å². The number of methoxy groups -OCH3 is 1. The van der Waals surface area contributed by atoms with E-state index in [0.29, 0.717) is 23.7 Å². The van der Waals surface area contributed by atoms with E-state index in [-0.39, 0.29) is 0 Å². The Morgan fingerprint density at radius 1 is 1.25 bits per heavy atom. The van der Waals surface area contributed by atoms with Gasteiger partial charge in [-0.3, -0.25) is 0 Å². The first-order valence-electron chi connectivity index (χ1n) is 7.73. The molecule has 1 aromatic carbocycles. The Bertz CT molecular complexity index is 1020. The monoisotopic (exact) mass is 362 g/mol. The lowest BCUT2D eigenvalue weighted by atomic mass is 10.1. The standard InChI is InChI=1S/C17H18N2O3S2/c1-11-3-6-17(23-11)24(20,21)19-8-7-16-14(10-19)13-9-12(22-2)4-5-15(13)18-16/h3-6,9,18H,7-8,10H2,1-2H3. The fraction of sp³-hybridized carbons (Fsp3) is 0.294. The number of nitrogens with one attached hydrogen (secondary N) is 1. The molecule has 2 aromatic heterocycles. The van der Waals surface area contributed by atoms with Crippen LogP contribution in [0.5, 0.6) is 5.75 Å². The van der Waals surface area contributed by atoms with E-state index >= 15 is 0 Å². The van der Waals surface area contributed by atoms with Gasteiger partial charge in [0.1, 0.15) is 9.96 Å². The average molecular weight is 362 g/mol. The Morgan fingerprint density at radius 3 is 2.79 bits per heavy atom. The average Bonchev–Trinajstić information content (AvgIpc) is 3.17. The van der Waals surface area contributed by atoms with Crippen LogP contribution in [0.25, 0.3) is 10.9 Å². The third-order valence-electron chi connectivity index (χ3n) is 4.46. The molecule has 0 bridgehead atoms. The van der Waals surface area contributed by atoms with Gasteiger partial charge in [0.25, 0.3) is 10.0 Å². The molecule has 1 N–H and O–H groups in total. The number of aryl methyl sites for hydroxylation is 1. The molecule has 5 nitrogen and oxygen atoms in total. The van der Waals surface area contributed by atoms with Crippen LogP contribution in [0.2, 0.25) is 0 Å². The number of ether oxygens (including phenoxy) is 1. The van der Waals surface area contributed by atoms with Crippen LogP contribution in [0.15, 0.2) is 34.5 Å². The van der Waals surface area contributed by atoms with Crippen LogP contribution in [-0.4, -0.2) is 31.4 Å². The molecule has 1 aliphatic rings. The number of fused-ring (bicyclic) bond motifs is 3. The topological polar surface area (TPSA) is 62.4 Å². The molecule has 0 radical (unpaired) electrons. The van der Waals surface area contributed by atoms with Gasteiger partial charge in [0.2, 0.25) is 0 Å². The molecule has 0 fully saturated rings. The van der Waals surface area contributed by atoms with Crippen molar-refractivity contribution < 1.29 is 13.2 Å². The van der Waals surface area contributed by atoms with Crippen molar-refractivity contribution >= 4 is 32.3 Å². The number of thiophene rings is 1. The quantitative estimate of drug-likeness (QED) is 0.778. The Balaban J connectivity index is 1.75. The van der Waals surface area contributed by atoms with E-state index in [1.807, 2.05) is 31.2 Å². The highest BCUT2D eigenvalue weighted by molar-refractivity contribution is 7.91. The van der Waals surface area contributed by atoms with Crippen LogP contribution >= 0.6 is 11.3 Å². The number of rotatable bonds is 3. The maximum atomic E-state index is 12.9. The molecule has 24 heavy (non-hydrogen) atoms. The fourth-order valence-electron chi connectivity index (χ4n) is 3.18. The molecule has 0 atom stereocenters. The van der Waals surface area contributed by atoms with Gasteiger partial charge < -0.3 is 9.72 Å². The zero-order valence-electron chi connectivity index (χ0n) is 13.5. The van der Waals surface area contributed by atoms with Crippen molar-refractivity contribution in [1.82, 2.24) is 9.29 Å². The van der Waals surface area contributed by atoms with E-state index in [4.69, 9.17) is 4.74 Å². The summed E-state index contributed by atoms with van der Waals surface area (Å²) in [5, 5.41) is 1.03. The number of aromatic amines is 1. The first kappa shape index (κ1) is 15.7. The lowest BCUT2D eigenvalue weighted by Crippen LogP contribution is -2.35. The van der Waals surface area contributed by atoms with E-state index in [1.165, 1.54) is 11.3 Å². The number of hydrogen-bond donors (Lipinski definition) is 1. The Kier molecular flexibility index (Phi) is 3.67. The molecule has 0 unspecified atom stereocenters. The summed E-state index contributed by atoms with van der Waals surface area (Å²) in [6.07, 6.45) is 0.690. The van der Waals surface area contributed by atoms with Gasteiger partial charge in [-0.25, -0.2) is 8.42 Å². The summed E-state index contributed by atoms with van der Waals surface area (Å²) in [6, 6.07) is 9.41. The molecule has 3 heterocycles. The first-order chi connectivity index (χ1) is 11.5. The lowest BCUT2D eigenvalue weighted by molar-refractivity contribution is 0.392. The largest absolute Gasteiger partial charge is 0.497 e. The van der Waals surface area contributed by atoms with Gasteiger partial charge >= 0.3 is 0 Å². The van der Waals surface area contributed by atoms with Crippen LogP contribution < -0.4 is 4.74 Å². The summed E-state index contributed by atoms with van der Waals surface area (Å²) >= 11 is 1.32. The minimum atomic E-state index is -3.44. The van der Waals surface area contributed by atoms with Gasteiger partial charge in [0, 0.05) is 41.0 Å². The van der Waals surface area contributed by atoms with Crippen molar-refractivity contribution in [3.8, 4) is 5.75 Å². The summed E-state index contributed by atoms with van der Waals surface area (Å²) in [5.74, 6) is 0.776. The van der Waals surface area contributed by atoms with Crippen molar-refractivity contribution in [2.45, 2.75) is 24.1 Å². The predicted molar refractivity (Wildman–Crippen MR) is 95.2 cm³/mol. The molecule has 126 valence electrons. The number of hydrogen-bond acceptors (Lipinski definition) is 4. The highest BCUT2D eigenvalue weighted by Gasteiger charge is 2.31. The Morgan fingerprint density at radius 2 is 2.08 bits per heavy atom. The second-order valence-electron chi connectivity index (χ2n) is 5.95. The SMILES string of the molecule is COc1ccc2[nH]c3c(c2c1)CN(S(=O)(=O)c1ccc(C)s1)CC3. The summed E-state index contributed by atoms with van der Waals surface area (Å²) in [7, 11) is -1.80. The number of aromatic nitrogens is 1. The van der Waals surface area contributed by atoms with E-state index in [2.05, 4.69) is 4.98 Å². The second kappa shape index (κ2) is 5.61. The van der Waals surface area contributed by atoms with Crippen molar-refractivity contribution in [3.05, 3.63) is 46.5 Å². The molecule has 0 amide bonds. The van der Waals surface area contributed by atoms with Gasteiger partial charge in [0.05, 0.1) is 7.11 Å². The molecule has 0 aliphatic carbocycles. The predicted octanol–water partition coefficient (Wildman–Crippen LogP) is 3.29. The zero-order chi connectivity index (χ0) is 16.9. The minimum Gasteiger partial charge on any atom is -0.497 e. The molecule has 0 saturated carbocycles. The van der Waals surface area contributed by atoms with E-state index in [0.717, 1.165) is 32.8 Å². The summed E-state index contributed by atoms with van der Waals surface area (Å²) in [6.45, 7) is 2.81. The number of H-pyrrole nitrogens is 1. The number of sulfonamides is 1. The van der Waals surface area contributed by atoms with Crippen molar-refractivity contribution in [2.24, 2.45) is 0 Å². The van der Waals surface area contributed by atoms with Gasteiger partial charge in [-0.15, -0.1) is 11.3 Å². The highest BCUT2D eigenvalue weighted by atomic mass is 32.2. The third-order valence-corrected chi connectivity index (χ3v) is 7.77. The van der Waals surface area contributed by atoms with Gasteiger partial charge in [-0.2, -0.15) is 4.31 Å². The molecular weight excluding hydrogens is 344 g/mol. The van der Waals surface area contributed by atoms with E-state index < -0.39 is 10.0 Å². The smallest absolute Gasteiger partial charge is 0.252 e. The van der Waals surface area contributed by atoms with Crippen LogP contribution in [0.3, 0.4) is 0 Å². The molecule has 0 spiro atoms. The fourth-order valence-corrected chi connectivity index (χ4v) is 6.03. The van der Waals surface area contributed by atoms with Crippen LogP contribution in [0, 0.1) is 6.92 Å². The Hall–Kier alpha value is -1.83. The number of nitrogens with zero attached hydrogens (tertiary/aromatic N) is 1. The van der Waals surface area contributed by atoms with Crippen molar-refractivity contribution in [2.75, 3.05) is 13.7 Å². The minimum absolute atomic E-state index is 0.391. The molecule has 7 heteroatoms. The third kappa shape index (κ3) is 2.44. The maximum Gasteiger partial charge on any atom is 0.252 e. The normalized spacial score (nSPS) is 15.6. The number of benzene rings is 1. The van der Waals surface area contributed by atoms with Crippen molar-refractivity contribution in [1.29, 1.82) is 0 Å². The Labute approximate surface area is 144 Å². The van der Waals surface area contributed by atoms with Crippen LogP contribution in [0.4, 0.5) is 0 Å². The summed E-state index contributed by atoms with van der Waals surface area (Å²) in [4.78, 5) is 4.41. The molecule has 1 aliphatic heterocycles. The van der Waals surface area contributed by atoms with Crippen molar-refractivity contribution in [3.63, 3.8) is 0 Å². The first-order valence-corrected chi connectivity index (χ1v) is 9.99. The lowest BCUT2D eigenvalue weighted by Gasteiger charge is -2.25. The molecule has 4 rings (SSSR count). The highest BCUT2D eigenvalue weighted by Crippen LogP contribution is 2.33. The van der Waals surface area contributed by atoms with Gasteiger partial charge in [0.15, 0.2) is 0 Å². The van der Waals surface area contributed by atoms with Gasteiger partial charge in [-0.1, -0.05) is 0 Å². The molecule has 0 saturated heterocycles.